The molecule has 1 radical (unpaired) electrons. The molecule has 0 saturated carbocycles. The van der Waals surface area contributed by atoms with Crippen molar-refractivity contribution in [3.8, 4) is 22.3 Å². The van der Waals surface area contributed by atoms with Crippen molar-refractivity contribution < 1.29 is 0 Å². The topological polar surface area (TPSA) is 0 Å². The second kappa shape index (κ2) is 8.21. The third-order valence-corrected chi connectivity index (χ3v) is 7.89. The van der Waals surface area contributed by atoms with Crippen molar-refractivity contribution in [1.82, 2.24) is 0 Å². The Balaban J connectivity index is 1.42. The van der Waals surface area contributed by atoms with Crippen LogP contribution < -0.4 is 0 Å². The molecule has 0 N–H and O–H groups in total. The summed E-state index contributed by atoms with van der Waals surface area (Å²) in [4.78, 5) is 0. The van der Waals surface area contributed by atoms with E-state index in [0.29, 0.717) is 0 Å². The highest BCUT2D eigenvalue weighted by Gasteiger charge is 2.34. The third kappa shape index (κ3) is 3.14. The number of rotatable bonds is 3. The van der Waals surface area contributed by atoms with Gasteiger partial charge in [-0.2, -0.15) is 0 Å². The third-order valence-electron chi connectivity index (χ3n) is 7.89. The van der Waals surface area contributed by atoms with Crippen molar-refractivity contribution >= 4 is 22.4 Å². The van der Waals surface area contributed by atoms with Gasteiger partial charge < -0.3 is 0 Å². The zero-order valence-electron chi connectivity index (χ0n) is 20.6. The molecule has 0 aliphatic heterocycles. The molecule has 0 fully saturated rings. The van der Waals surface area contributed by atoms with Crippen molar-refractivity contribution in [1.29, 1.82) is 0 Å². The van der Waals surface area contributed by atoms with E-state index in [-0.39, 0.29) is 5.92 Å². The van der Waals surface area contributed by atoms with Crippen LogP contribution in [-0.4, -0.2) is 0 Å². The van der Waals surface area contributed by atoms with Gasteiger partial charge in [0.2, 0.25) is 0 Å². The van der Waals surface area contributed by atoms with E-state index < -0.39 is 0 Å². The SMILES string of the molecule is CC1=Cc2c(-c3cccc4ccccc34)cccc2C1C1=C(C)[CH]c2cccc(-c3ccccc3)c21. The lowest BCUT2D eigenvalue weighted by Crippen LogP contribution is -2.03. The van der Waals surface area contributed by atoms with Crippen molar-refractivity contribution in [3.63, 3.8) is 0 Å². The van der Waals surface area contributed by atoms with Crippen molar-refractivity contribution in [2.75, 3.05) is 0 Å². The molecule has 5 aromatic rings. The lowest BCUT2D eigenvalue weighted by molar-refractivity contribution is 1.04. The van der Waals surface area contributed by atoms with Gasteiger partial charge in [0.05, 0.1) is 0 Å². The monoisotopic (exact) mass is 459 g/mol. The molecule has 5 aromatic carbocycles. The van der Waals surface area contributed by atoms with E-state index in [2.05, 4.69) is 136 Å². The molecule has 7 rings (SSSR count). The average Bonchev–Trinajstić information content (AvgIpc) is 3.43. The van der Waals surface area contributed by atoms with Gasteiger partial charge >= 0.3 is 0 Å². The maximum absolute atomic E-state index is 2.43. The minimum absolute atomic E-state index is 0.261. The normalized spacial score (nSPS) is 16.3. The van der Waals surface area contributed by atoms with Crippen LogP contribution in [0.3, 0.4) is 0 Å². The van der Waals surface area contributed by atoms with Gasteiger partial charge in [-0.05, 0) is 74.7 Å². The summed E-state index contributed by atoms with van der Waals surface area (Å²) in [6, 6.07) is 39.8. The first-order valence-corrected chi connectivity index (χ1v) is 12.7. The van der Waals surface area contributed by atoms with E-state index in [1.807, 2.05) is 0 Å². The van der Waals surface area contributed by atoms with Crippen LogP contribution in [0.5, 0.6) is 0 Å². The summed E-state index contributed by atoms with van der Waals surface area (Å²) in [6.45, 7) is 4.59. The van der Waals surface area contributed by atoms with Gasteiger partial charge in [0, 0.05) is 12.3 Å². The first kappa shape index (κ1) is 21.1. The molecule has 0 saturated heterocycles. The molecule has 0 amide bonds. The second-order valence-electron chi connectivity index (χ2n) is 10.0. The van der Waals surface area contributed by atoms with E-state index in [9.17, 15) is 0 Å². The van der Waals surface area contributed by atoms with Crippen molar-refractivity contribution in [3.05, 3.63) is 149 Å². The Labute approximate surface area is 213 Å². The minimum Gasteiger partial charge on any atom is -0.0622 e. The predicted molar refractivity (Wildman–Crippen MR) is 154 cm³/mol. The number of fused-ring (bicyclic) bond motifs is 3. The van der Waals surface area contributed by atoms with E-state index in [1.54, 1.807) is 0 Å². The van der Waals surface area contributed by atoms with Gasteiger partial charge in [0.25, 0.3) is 0 Å². The zero-order chi connectivity index (χ0) is 24.2. The molecule has 36 heavy (non-hydrogen) atoms. The Kier molecular flexibility index (Phi) is 4.82. The highest BCUT2D eigenvalue weighted by molar-refractivity contribution is 6.01. The fourth-order valence-corrected chi connectivity index (χ4v) is 6.36. The summed E-state index contributed by atoms with van der Waals surface area (Å²) in [7, 11) is 0. The fourth-order valence-electron chi connectivity index (χ4n) is 6.36. The smallest absolute Gasteiger partial charge is 0.0311 e. The molecule has 1 unspecified atom stereocenters. The Morgan fingerprint density at radius 1 is 0.583 bits per heavy atom. The predicted octanol–water partition coefficient (Wildman–Crippen LogP) is 9.71. The minimum atomic E-state index is 0.261. The van der Waals surface area contributed by atoms with Gasteiger partial charge in [-0.15, -0.1) is 0 Å². The number of allylic oxidation sites excluding steroid dienone is 3. The van der Waals surface area contributed by atoms with Crippen LogP contribution in [0.15, 0.2) is 120 Å². The molecule has 0 heteroatoms. The van der Waals surface area contributed by atoms with Gasteiger partial charge in [0.15, 0.2) is 0 Å². The van der Waals surface area contributed by atoms with Gasteiger partial charge in [-0.3, -0.25) is 0 Å². The maximum atomic E-state index is 2.43. The molecule has 0 heterocycles. The summed E-state index contributed by atoms with van der Waals surface area (Å²) >= 11 is 0. The van der Waals surface area contributed by atoms with Crippen LogP contribution >= 0.6 is 0 Å². The molecular formula is C36H27. The largest absolute Gasteiger partial charge is 0.0622 e. The zero-order valence-corrected chi connectivity index (χ0v) is 20.6. The van der Waals surface area contributed by atoms with Crippen molar-refractivity contribution in [2.45, 2.75) is 19.8 Å². The molecule has 171 valence electrons. The highest BCUT2D eigenvalue weighted by atomic mass is 14.4. The van der Waals surface area contributed by atoms with Gasteiger partial charge in [-0.25, -0.2) is 0 Å². The molecule has 0 bridgehead atoms. The van der Waals surface area contributed by atoms with E-state index in [0.717, 1.165) is 0 Å². The summed E-state index contributed by atoms with van der Waals surface area (Å²) in [6.07, 6.45) is 4.80. The number of hydrogen-bond acceptors (Lipinski definition) is 0. The van der Waals surface area contributed by atoms with Gasteiger partial charge in [0.1, 0.15) is 0 Å². The molecule has 0 aromatic heterocycles. The Hall–Kier alpha value is -4.16. The van der Waals surface area contributed by atoms with Crippen LogP contribution in [-0.2, 0) is 0 Å². The van der Waals surface area contributed by atoms with Crippen LogP contribution in [0.2, 0.25) is 0 Å². The quantitative estimate of drug-likeness (QED) is 0.252. The summed E-state index contributed by atoms with van der Waals surface area (Å²) in [5, 5.41) is 2.59. The first-order valence-electron chi connectivity index (χ1n) is 12.7. The van der Waals surface area contributed by atoms with Crippen LogP contribution in [0.4, 0.5) is 0 Å². The summed E-state index contributed by atoms with van der Waals surface area (Å²) in [5.41, 5.74) is 15.0. The highest BCUT2D eigenvalue weighted by Crippen LogP contribution is 2.54. The molecule has 2 aliphatic carbocycles. The number of hydrogen-bond donors (Lipinski definition) is 0. The van der Waals surface area contributed by atoms with E-state index in [1.165, 1.54) is 72.0 Å². The van der Waals surface area contributed by atoms with Crippen LogP contribution in [0.1, 0.15) is 42.0 Å². The second-order valence-corrected chi connectivity index (χ2v) is 10.0. The Morgan fingerprint density at radius 2 is 1.28 bits per heavy atom. The fraction of sp³-hybridized carbons (Fsp3) is 0.0833. The number of benzene rings is 5. The van der Waals surface area contributed by atoms with Crippen LogP contribution in [0, 0.1) is 6.42 Å². The van der Waals surface area contributed by atoms with Gasteiger partial charge in [-0.1, -0.05) is 126 Å². The Bertz CT molecular complexity index is 1710. The lowest BCUT2D eigenvalue weighted by Gasteiger charge is -2.22. The molecule has 0 nitrogen and oxygen atoms in total. The summed E-state index contributed by atoms with van der Waals surface area (Å²) < 4.78 is 0. The molecule has 0 spiro atoms. The first-order chi connectivity index (χ1) is 17.7. The average molecular weight is 460 g/mol. The molecule has 2 aliphatic rings. The summed E-state index contributed by atoms with van der Waals surface area (Å²) in [5.74, 6) is 0.261. The van der Waals surface area contributed by atoms with Crippen molar-refractivity contribution in [2.24, 2.45) is 0 Å². The van der Waals surface area contributed by atoms with E-state index >= 15 is 0 Å². The van der Waals surface area contributed by atoms with E-state index in [4.69, 9.17) is 0 Å². The lowest BCUT2D eigenvalue weighted by atomic mass is 9.81. The standard InChI is InChI=1S/C36H27/c1-23-21-27-15-9-17-29(26-11-4-3-5-12-26)36(27)35(23)34-24(2)22-33-31(19-10-20-32(33)34)30-18-8-14-25-13-6-7-16-28(25)30/h3-22,34H,1-2H3. The molecular weight excluding hydrogens is 432 g/mol. The van der Waals surface area contributed by atoms with Crippen LogP contribution in [0.25, 0.3) is 44.7 Å². The maximum Gasteiger partial charge on any atom is 0.0311 e. The Morgan fingerprint density at radius 3 is 2.17 bits per heavy atom. The molecule has 1 atom stereocenters.